The average molecular weight is 301 g/mol. The summed E-state index contributed by atoms with van der Waals surface area (Å²) in [4.78, 5) is 13.9. The zero-order valence-corrected chi connectivity index (χ0v) is 13.9. The van der Waals surface area contributed by atoms with Crippen molar-refractivity contribution in [3.8, 4) is 0 Å². The first kappa shape index (κ1) is 18.2. The highest BCUT2D eigenvalue weighted by molar-refractivity contribution is 5.67. The smallest absolute Gasteiger partial charge is 0.407 e. The van der Waals surface area contributed by atoms with Crippen LogP contribution in [0, 0.1) is 0 Å². The van der Waals surface area contributed by atoms with E-state index < -0.39 is 5.60 Å². The Hall–Kier alpha value is -0.850. The SMILES string of the molecule is COCCN1CCC(NCCNC(=O)OC(C)(C)C)CC1. The molecule has 6 heteroatoms. The molecule has 1 amide bonds. The van der Waals surface area contributed by atoms with Crippen LogP contribution in [0.25, 0.3) is 0 Å². The van der Waals surface area contributed by atoms with Gasteiger partial charge in [0.2, 0.25) is 0 Å². The van der Waals surface area contributed by atoms with Crippen LogP contribution in [0.15, 0.2) is 0 Å². The van der Waals surface area contributed by atoms with Crippen molar-refractivity contribution in [3.63, 3.8) is 0 Å². The van der Waals surface area contributed by atoms with Crippen molar-refractivity contribution in [1.29, 1.82) is 0 Å². The molecule has 0 aromatic carbocycles. The molecule has 2 N–H and O–H groups in total. The number of hydrogen-bond acceptors (Lipinski definition) is 5. The standard InChI is InChI=1S/C15H31N3O3/c1-15(2,3)21-14(19)17-8-7-16-13-5-9-18(10-6-13)11-12-20-4/h13,16H,5-12H2,1-4H3,(H,17,19). The number of rotatable bonds is 7. The van der Waals surface area contributed by atoms with Crippen LogP contribution in [0.5, 0.6) is 0 Å². The minimum atomic E-state index is -0.438. The van der Waals surface area contributed by atoms with Gasteiger partial charge in [0.05, 0.1) is 6.61 Å². The van der Waals surface area contributed by atoms with Gasteiger partial charge in [-0.3, -0.25) is 0 Å². The molecular weight excluding hydrogens is 270 g/mol. The summed E-state index contributed by atoms with van der Waals surface area (Å²) >= 11 is 0. The number of piperidine rings is 1. The van der Waals surface area contributed by atoms with E-state index in [4.69, 9.17) is 9.47 Å². The van der Waals surface area contributed by atoms with E-state index >= 15 is 0 Å². The maximum absolute atomic E-state index is 11.5. The van der Waals surface area contributed by atoms with Gasteiger partial charge in [-0.15, -0.1) is 0 Å². The van der Waals surface area contributed by atoms with E-state index in [1.165, 1.54) is 0 Å². The fourth-order valence-corrected chi connectivity index (χ4v) is 2.34. The summed E-state index contributed by atoms with van der Waals surface area (Å²) in [7, 11) is 1.74. The Labute approximate surface area is 128 Å². The number of hydrogen-bond donors (Lipinski definition) is 2. The first-order chi connectivity index (χ1) is 9.90. The number of alkyl carbamates (subject to hydrolysis) is 1. The normalized spacial score (nSPS) is 17.7. The molecule has 6 nitrogen and oxygen atoms in total. The summed E-state index contributed by atoms with van der Waals surface area (Å²) in [5.41, 5.74) is -0.438. The number of ether oxygens (including phenoxy) is 2. The molecule has 0 saturated carbocycles. The van der Waals surface area contributed by atoms with E-state index in [-0.39, 0.29) is 6.09 Å². The van der Waals surface area contributed by atoms with Crippen molar-refractivity contribution in [2.75, 3.05) is 46.4 Å². The Bertz CT molecular complexity index is 297. The van der Waals surface area contributed by atoms with Crippen LogP contribution in [0.1, 0.15) is 33.6 Å². The summed E-state index contributed by atoms with van der Waals surface area (Å²) in [5.74, 6) is 0. The number of carbonyl (C=O) groups is 1. The summed E-state index contributed by atoms with van der Waals surface area (Å²) in [6.45, 7) is 11.0. The predicted molar refractivity (Wildman–Crippen MR) is 83.6 cm³/mol. The fourth-order valence-electron chi connectivity index (χ4n) is 2.34. The Morgan fingerprint density at radius 2 is 1.90 bits per heavy atom. The van der Waals surface area contributed by atoms with E-state index in [9.17, 15) is 4.79 Å². The van der Waals surface area contributed by atoms with E-state index in [0.29, 0.717) is 12.6 Å². The summed E-state index contributed by atoms with van der Waals surface area (Å²) in [5, 5.41) is 6.25. The van der Waals surface area contributed by atoms with Gasteiger partial charge in [-0.05, 0) is 46.7 Å². The third kappa shape index (κ3) is 8.90. The fraction of sp³-hybridized carbons (Fsp3) is 0.933. The van der Waals surface area contributed by atoms with Gasteiger partial charge in [-0.1, -0.05) is 0 Å². The van der Waals surface area contributed by atoms with Crippen LogP contribution in [-0.2, 0) is 9.47 Å². The quantitative estimate of drug-likeness (QED) is 0.692. The molecule has 0 radical (unpaired) electrons. The van der Waals surface area contributed by atoms with Gasteiger partial charge >= 0.3 is 6.09 Å². The zero-order valence-electron chi connectivity index (χ0n) is 13.9. The molecule has 0 aromatic heterocycles. The molecule has 124 valence electrons. The molecule has 0 atom stereocenters. The molecule has 1 aliphatic heterocycles. The maximum Gasteiger partial charge on any atom is 0.407 e. The van der Waals surface area contributed by atoms with Gasteiger partial charge in [-0.2, -0.15) is 0 Å². The van der Waals surface area contributed by atoms with Gasteiger partial charge in [0.15, 0.2) is 0 Å². The molecule has 0 spiro atoms. The van der Waals surface area contributed by atoms with Crippen LogP contribution in [0.4, 0.5) is 4.79 Å². The highest BCUT2D eigenvalue weighted by Gasteiger charge is 2.18. The van der Waals surface area contributed by atoms with Gasteiger partial charge in [0.25, 0.3) is 0 Å². The highest BCUT2D eigenvalue weighted by atomic mass is 16.6. The van der Waals surface area contributed by atoms with Crippen LogP contribution in [-0.4, -0.2) is 69.1 Å². The van der Waals surface area contributed by atoms with E-state index in [0.717, 1.165) is 45.6 Å². The summed E-state index contributed by atoms with van der Waals surface area (Å²) in [6, 6.07) is 0.546. The van der Waals surface area contributed by atoms with E-state index in [1.807, 2.05) is 20.8 Å². The van der Waals surface area contributed by atoms with Crippen molar-refractivity contribution in [1.82, 2.24) is 15.5 Å². The second-order valence-electron chi connectivity index (χ2n) is 6.49. The lowest BCUT2D eigenvalue weighted by atomic mass is 10.1. The van der Waals surface area contributed by atoms with Crippen molar-refractivity contribution in [2.45, 2.75) is 45.3 Å². The number of amides is 1. The monoisotopic (exact) mass is 301 g/mol. The Balaban J connectivity index is 2.03. The lowest BCUT2D eigenvalue weighted by molar-refractivity contribution is 0.0527. The van der Waals surface area contributed by atoms with Gasteiger partial charge in [0.1, 0.15) is 5.60 Å². The van der Waals surface area contributed by atoms with Crippen molar-refractivity contribution >= 4 is 6.09 Å². The molecule has 0 unspecified atom stereocenters. The van der Waals surface area contributed by atoms with Crippen LogP contribution < -0.4 is 10.6 Å². The van der Waals surface area contributed by atoms with E-state index in [2.05, 4.69) is 15.5 Å². The second-order valence-corrected chi connectivity index (χ2v) is 6.49. The number of nitrogens with one attached hydrogen (secondary N) is 2. The molecule has 0 bridgehead atoms. The molecule has 0 aromatic rings. The first-order valence-electron chi connectivity index (χ1n) is 7.82. The summed E-state index contributed by atoms with van der Waals surface area (Å²) < 4.78 is 10.3. The Kier molecular flexibility index (Phi) is 8.00. The first-order valence-corrected chi connectivity index (χ1v) is 7.82. The Morgan fingerprint density at radius 1 is 1.24 bits per heavy atom. The van der Waals surface area contributed by atoms with Gasteiger partial charge in [0, 0.05) is 32.8 Å². The molecular formula is C15H31N3O3. The van der Waals surface area contributed by atoms with Crippen molar-refractivity contribution < 1.29 is 14.3 Å². The number of likely N-dealkylation sites (tertiary alicyclic amines) is 1. The number of carbonyl (C=O) groups excluding carboxylic acids is 1. The molecule has 21 heavy (non-hydrogen) atoms. The highest BCUT2D eigenvalue weighted by Crippen LogP contribution is 2.09. The predicted octanol–water partition coefficient (Wildman–Crippen LogP) is 1.21. The Morgan fingerprint density at radius 3 is 2.48 bits per heavy atom. The van der Waals surface area contributed by atoms with E-state index in [1.54, 1.807) is 7.11 Å². The average Bonchev–Trinajstić information content (AvgIpc) is 2.41. The third-order valence-corrected chi connectivity index (χ3v) is 3.43. The summed E-state index contributed by atoms with van der Waals surface area (Å²) in [6.07, 6.45) is 1.95. The molecule has 1 saturated heterocycles. The molecule has 1 aliphatic rings. The van der Waals surface area contributed by atoms with Crippen LogP contribution in [0.3, 0.4) is 0 Å². The second kappa shape index (κ2) is 9.23. The molecule has 0 aliphatic carbocycles. The van der Waals surface area contributed by atoms with Crippen molar-refractivity contribution in [3.05, 3.63) is 0 Å². The number of methoxy groups -OCH3 is 1. The molecule has 1 rings (SSSR count). The van der Waals surface area contributed by atoms with Crippen LogP contribution in [0.2, 0.25) is 0 Å². The zero-order chi connectivity index (χ0) is 15.7. The van der Waals surface area contributed by atoms with Crippen molar-refractivity contribution in [2.24, 2.45) is 0 Å². The lowest BCUT2D eigenvalue weighted by Gasteiger charge is -2.32. The van der Waals surface area contributed by atoms with Gasteiger partial charge in [-0.25, -0.2) is 4.79 Å². The topological polar surface area (TPSA) is 62.8 Å². The largest absolute Gasteiger partial charge is 0.444 e. The maximum atomic E-state index is 11.5. The molecule has 1 fully saturated rings. The number of nitrogens with zero attached hydrogens (tertiary/aromatic N) is 1. The lowest BCUT2D eigenvalue weighted by Crippen LogP contribution is -2.45. The van der Waals surface area contributed by atoms with Crippen LogP contribution >= 0.6 is 0 Å². The molecule has 1 heterocycles. The minimum absolute atomic E-state index is 0.348. The van der Waals surface area contributed by atoms with Gasteiger partial charge < -0.3 is 25.0 Å². The third-order valence-electron chi connectivity index (χ3n) is 3.43. The minimum Gasteiger partial charge on any atom is -0.444 e.